The molecule has 1 aromatic rings. The van der Waals surface area contributed by atoms with Crippen molar-refractivity contribution < 1.29 is 9.53 Å². The molecule has 1 saturated heterocycles. The Balaban J connectivity index is 1.67. The summed E-state index contributed by atoms with van der Waals surface area (Å²) in [6.07, 6.45) is 1.32. The minimum atomic E-state index is -0.134. The molecule has 0 bridgehead atoms. The number of ether oxygens (including phenoxy) is 1. The zero-order chi connectivity index (χ0) is 16.6. The number of nitrogens with one attached hydrogen (secondary N) is 2. The van der Waals surface area contributed by atoms with Gasteiger partial charge in [0, 0.05) is 37.6 Å². The third-order valence-electron chi connectivity index (χ3n) is 5.42. The third kappa shape index (κ3) is 2.78. The third-order valence-corrected chi connectivity index (χ3v) is 5.42. The Morgan fingerprint density at radius 3 is 2.87 bits per heavy atom. The van der Waals surface area contributed by atoms with Crippen LogP contribution in [0.25, 0.3) is 0 Å². The Morgan fingerprint density at radius 2 is 2.13 bits per heavy atom. The van der Waals surface area contributed by atoms with Crippen molar-refractivity contribution in [3.63, 3.8) is 0 Å². The molecule has 2 aliphatic rings. The maximum absolute atomic E-state index is 12.5. The fraction of sp³-hybridized carbons (Fsp3) is 0.611. The number of rotatable bonds is 4. The number of benzene rings is 1. The van der Waals surface area contributed by atoms with E-state index in [1.807, 2.05) is 31.3 Å². The Morgan fingerprint density at radius 1 is 1.39 bits per heavy atom. The van der Waals surface area contributed by atoms with Crippen LogP contribution in [0.3, 0.4) is 0 Å². The van der Waals surface area contributed by atoms with E-state index in [9.17, 15) is 4.79 Å². The number of carbonyl (C=O) groups is 1. The molecule has 3 rings (SSSR count). The maximum Gasteiger partial charge on any atom is 0.319 e. The topological polar surface area (TPSA) is 53.6 Å². The average Bonchev–Trinajstić information content (AvgIpc) is 2.99. The quantitative estimate of drug-likeness (QED) is 0.897. The van der Waals surface area contributed by atoms with Crippen molar-refractivity contribution in [2.24, 2.45) is 11.3 Å². The Hall–Kier alpha value is -1.75. The molecule has 2 fully saturated rings. The minimum absolute atomic E-state index is 0.00175. The summed E-state index contributed by atoms with van der Waals surface area (Å²) in [5.74, 6) is 0.448. The molecule has 2 N–H and O–H groups in total. The molecular formula is C18H27N3O2. The van der Waals surface area contributed by atoms with Crippen molar-refractivity contribution >= 4 is 17.4 Å². The van der Waals surface area contributed by atoms with Crippen molar-refractivity contribution in [2.75, 3.05) is 30.4 Å². The maximum atomic E-state index is 12.5. The van der Waals surface area contributed by atoms with Crippen molar-refractivity contribution in [2.45, 2.75) is 39.3 Å². The average molecular weight is 317 g/mol. The lowest BCUT2D eigenvalue weighted by Crippen LogP contribution is -2.67. The van der Waals surface area contributed by atoms with Crippen molar-refractivity contribution in [3.8, 4) is 0 Å². The number of carbonyl (C=O) groups excluding carboxylic acids is 1. The van der Waals surface area contributed by atoms with Crippen LogP contribution in [0.5, 0.6) is 0 Å². The largest absolute Gasteiger partial charge is 0.377 e. The monoisotopic (exact) mass is 317 g/mol. The van der Waals surface area contributed by atoms with Crippen molar-refractivity contribution in [1.82, 2.24) is 5.32 Å². The fourth-order valence-corrected chi connectivity index (χ4v) is 4.00. The van der Waals surface area contributed by atoms with Gasteiger partial charge in [-0.2, -0.15) is 0 Å². The number of hydrogen-bond acceptors (Lipinski definition) is 3. The van der Waals surface area contributed by atoms with Gasteiger partial charge in [0.1, 0.15) is 0 Å². The highest BCUT2D eigenvalue weighted by Crippen LogP contribution is 2.52. The van der Waals surface area contributed by atoms with Gasteiger partial charge in [0.2, 0.25) is 0 Å². The summed E-state index contributed by atoms with van der Waals surface area (Å²) >= 11 is 0. The number of hydrogen-bond donors (Lipinski definition) is 2. The molecule has 1 heterocycles. The van der Waals surface area contributed by atoms with Gasteiger partial charge >= 0.3 is 6.03 Å². The van der Waals surface area contributed by atoms with E-state index in [1.165, 1.54) is 0 Å². The second-order valence-electron chi connectivity index (χ2n) is 7.17. The van der Waals surface area contributed by atoms with Crippen LogP contribution in [0.15, 0.2) is 24.3 Å². The van der Waals surface area contributed by atoms with E-state index in [4.69, 9.17) is 4.74 Å². The number of nitrogens with zero attached hydrogens (tertiary/aromatic N) is 1. The van der Waals surface area contributed by atoms with E-state index in [-0.39, 0.29) is 23.6 Å². The van der Waals surface area contributed by atoms with E-state index < -0.39 is 0 Å². The first-order valence-electron chi connectivity index (χ1n) is 8.44. The summed E-state index contributed by atoms with van der Waals surface area (Å²) in [6, 6.07) is 7.93. The van der Waals surface area contributed by atoms with E-state index in [0.717, 1.165) is 30.9 Å². The Bertz CT molecular complexity index is 587. The van der Waals surface area contributed by atoms with E-state index in [1.54, 1.807) is 0 Å². The standard InChI is InChI=1S/C18H27N3O2/c1-5-21(4)14-9-7-6-8-13(14)19-17(22)20-15-12-10-11-23-16(12)18(15,2)3/h6-9,12,15-16H,5,10-11H2,1-4H3,(H2,19,20,22)/t12-,15+,16-/m0/s1. The molecule has 0 radical (unpaired) electrons. The van der Waals surface area contributed by atoms with Crippen LogP contribution in [0.1, 0.15) is 27.2 Å². The molecule has 23 heavy (non-hydrogen) atoms. The predicted octanol–water partition coefficient (Wildman–Crippen LogP) is 3.08. The summed E-state index contributed by atoms with van der Waals surface area (Å²) in [4.78, 5) is 14.6. The van der Waals surface area contributed by atoms with Crippen LogP contribution >= 0.6 is 0 Å². The predicted molar refractivity (Wildman–Crippen MR) is 93.0 cm³/mol. The van der Waals surface area contributed by atoms with Crippen LogP contribution in [0, 0.1) is 11.3 Å². The van der Waals surface area contributed by atoms with Gasteiger partial charge in [-0.25, -0.2) is 4.79 Å². The van der Waals surface area contributed by atoms with Crippen molar-refractivity contribution in [3.05, 3.63) is 24.3 Å². The molecule has 3 atom stereocenters. The normalized spacial score (nSPS) is 27.7. The van der Waals surface area contributed by atoms with Gasteiger partial charge in [-0.1, -0.05) is 26.0 Å². The summed E-state index contributed by atoms with van der Waals surface area (Å²) in [5.41, 5.74) is 1.86. The first kappa shape index (κ1) is 16.1. The molecule has 2 amide bonds. The molecule has 5 heteroatoms. The highest BCUT2D eigenvalue weighted by molar-refractivity contribution is 5.93. The van der Waals surface area contributed by atoms with Gasteiger partial charge < -0.3 is 20.3 Å². The molecule has 1 aliphatic heterocycles. The van der Waals surface area contributed by atoms with Crippen LogP contribution in [-0.2, 0) is 4.74 Å². The summed E-state index contributed by atoms with van der Waals surface area (Å²) in [5, 5.41) is 6.17. The van der Waals surface area contributed by atoms with Crippen molar-refractivity contribution in [1.29, 1.82) is 0 Å². The van der Waals surface area contributed by atoms with Gasteiger partial charge in [0.15, 0.2) is 0 Å². The van der Waals surface area contributed by atoms with Gasteiger partial charge in [-0.05, 0) is 25.5 Å². The van der Waals surface area contributed by atoms with Gasteiger partial charge in [0.25, 0.3) is 0 Å². The van der Waals surface area contributed by atoms with Crippen LogP contribution in [0.4, 0.5) is 16.2 Å². The molecule has 126 valence electrons. The minimum Gasteiger partial charge on any atom is -0.377 e. The number of amides is 2. The molecule has 1 aromatic carbocycles. The number of urea groups is 1. The SMILES string of the molecule is CCN(C)c1ccccc1NC(=O)N[C@@H]1[C@@H]2CCO[C@@H]2C1(C)C. The number of anilines is 2. The van der Waals surface area contributed by atoms with E-state index in [2.05, 4.69) is 36.3 Å². The van der Waals surface area contributed by atoms with Crippen LogP contribution < -0.4 is 15.5 Å². The summed E-state index contributed by atoms with van der Waals surface area (Å²) in [7, 11) is 2.02. The van der Waals surface area contributed by atoms with Gasteiger partial charge in [0.05, 0.1) is 17.5 Å². The fourth-order valence-electron chi connectivity index (χ4n) is 4.00. The molecule has 0 spiro atoms. The molecule has 0 aromatic heterocycles. The molecular weight excluding hydrogens is 290 g/mol. The highest BCUT2D eigenvalue weighted by Gasteiger charge is 2.59. The molecule has 5 nitrogen and oxygen atoms in total. The molecule has 0 unspecified atom stereocenters. The highest BCUT2D eigenvalue weighted by atomic mass is 16.5. The number of fused-ring (bicyclic) bond motifs is 1. The smallest absolute Gasteiger partial charge is 0.319 e. The van der Waals surface area contributed by atoms with Crippen LogP contribution in [0.2, 0.25) is 0 Å². The zero-order valence-corrected chi connectivity index (χ0v) is 14.4. The van der Waals surface area contributed by atoms with E-state index >= 15 is 0 Å². The molecule has 1 aliphatic carbocycles. The lowest BCUT2D eigenvalue weighted by Gasteiger charge is -2.54. The second kappa shape index (κ2) is 6.04. The summed E-state index contributed by atoms with van der Waals surface area (Å²) in [6.45, 7) is 8.13. The number of para-hydroxylation sites is 2. The van der Waals surface area contributed by atoms with E-state index in [0.29, 0.717) is 5.92 Å². The zero-order valence-electron chi connectivity index (χ0n) is 14.4. The van der Waals surface area contributed by atoms with Gasteiger partial charge in [-0.3, -0.25) is 0 Å². The Kier molecular flexibility index (Phi) is 4.23. The lowest BCUT2D eigenvalue weighted by molar-refractivity contribution is -0.107. The lowest BCUT2D eigenvalue weighted by atomic mass is 9.57. The second-order valence-corrected chi connectivity index (χ2v) is 7.17. The molecule has 1 saturated carbocycles. The summed E-state index contributed by atoms with van der Waals surface area (Å²) < 4.78 is 5.78. The Labute approximate surface area is 138 Å². The van der Waals surface area contributed by atoms with Crippen LogP contribution in [-0.4, -0.2) is 38.4 Å². The first-order chi connectivity index (χ1) is 10.9. The van der Waals surface area contributed by atoms with Gasteiger partial charge in [-0.15, -0.1) is 0 Å². The first-order valence-corrected chi connectivity index (χ1v) is 8.44.